The zero-order valence-electron chi connectivity index (χ0n) is 14.2. The Balaban J connectivity index is 1.40. The van der Waals surface area contributed by atoms with E-state index in [9.17, 15) is 0 Å². The first-order valence-electron chi connectivity index (χ1n) is 8.32. The molecular weight excluding hydrogens is 320 g/mol. The first-order chi connectivity index (χ1) is 12.2. The number of hydrogen-bond acceptors (Lipinski definition) is 8. The molecule has 4 heterocycles. The van der Waals surface area contributed by atoms with Gasteiger partial charge in [-0.25, -0.2) is 4.98 Å². The third-order valence-corrected chi connectivity index (χ3v) is 4.10. The van der Waals surface area contributed by atoms with Crippen LogP contribution >= 0.6 is 0 Å². The molecule has 1 fully saturated rings. The van der Waals surface area contributed by atoms with Crippen LogP contribution in [0.1, 0.15) is 19.4 Å². The summed E-state index contributed by atoms with van der Waals surface area (Å²) < 4.78 is 7.16. The number of rotatable bonds is 4. The number of nitrogens with one attached hydrogen (secondary N) is 1. The minimum absolute atomic E-state index is 0.221. The average Bonchev–Trinajstić information content (AvgIpc) is 3.07. The topological polar surface area (TPSA) is 93.4 Å². The van der Waals surface area contributed by atoms with E-state index in [-0.39, 0.29) is 12.2 Å². The lowest BCUT2D eigenvalue weighted by Gasteiger charge is -2.36. The van der Waals surface area contributed by atoms with Gasteiger partial charge in [-0.05, 0) is 48.0 Å². The van der Waals surface area contributed by atoms with Gasteiger partial charge in [0.25, 0.3) is 0 Å². The van der Waals surface area contributed by atoms with Crippen LogP contribution in [0.3, 0.4) is 0 Å². The van der Waals surface area contributed by atoms with Gasteiger partial charge >= 0.3 is 0 Å². The van der Waals surface area contributed by atoms with E-state index < -0.39 is 0 Å². The summed E-state index contributed by atoms with van der Waals surface area (Å²) in [5.41, 5.74) is 1.70. The highest BCUT2D eigenvalue weighted by atomic mass is 16.5. The molecule has 0 radical (unpaired) electrons. The quantitative estimate of drug-likeness (QED) is 0.756. The van der Waals surface area contributed by atoms with Crippen molar-refractivity contribution in [2.45, 2.75) is 32.6 Å². The normalized spacial score (nSPS) is 20.8. The Morgan fingerprint density at radius 3 is 2.76 bits per heavy atom. The molecule has 1 N–H and O–H groups in total. The van der Waals surface area contributed by atoms with Crippen LogP contribution < -0.4 is 10.2 Å². The molecule has 130 valence electrons. The summed E-state index contributed by atoms with van der Waals surface area (Å²) in [4.78, 5) is 6.86. The van der Waals surface area contributed by atoms with Crippen molar-refractivity contribution in [1.82, 2.24) is 30.2 Å². The van der Waals surface area contributed by atoms with E-state index in [0.29, 0.717) is 18.0 Å². The van der Waals surface area contributed by atoms with Gasteiger partial charge in [-0.2, -0.15) is 0 Å². The second-order valence-electron chi connectivity index (χ2n) is 6.29. The molecule has 0 spiro atoms. The number of tetrazole rings is 1. The summed E-state index contributed by atoms with van der Waals surface area (Å²) >= 11 is 0. The third kappa shape index (κ3) is 3.50. The molecule has 0 bridgehead atoms. The van der Waals surface area contributed by atoms with Gasteiger partial charge in [0.2, 0.25) is 0 Å². The van der Waals surface area contributed by atoms with E-state index >= 15 is 0 Å². The fourth-order valence-electron chi connectivity index (χ4n) is 3.01. The number of morpholine rings is 1. The van der Waals surface area contributed by atoms with Crippen molar-refractivity contribution in [2.75, 3.05) is 23.3 Å². The van der Waals surface area contributed by atoms with Crippen molar-refractivity contribution >= 4 is 17.3 Å². The van der Waals surface area contributed by atoms with Gasteiger partial charge in [0.1, 0.15) is 11.6 Å². The molecule has 3 aromatic heterocycles. The van der Waals surface area contributed by atoms with Crippen molar-refractivity contribution < 1.29 is 4.74 Å². The summed E-state index contributed by atoms with van der Waals surface area (Å²) in [5, 5.41) is 18.7. The van der Waals surface area contributed by atoms with Crippen LogP contribution in [-0.4, -0.2) is 55.5 Å². The van der Waals surface area contributed by atoms with Crippen LogP contribution in [0, 0.1) is 0 Å². The van der Waals surface area contributed by atoms with E-state index in [0.717, 1.165) is 24.5 Å². The molecule has 1 aliphatic rings. The van der Waals surface area contributed by atoms with Crippen LogP contribution in [0.5, 0.6) is 0 Å². The van der Waals surface area contributed by atoms with Gasteiger partial charge in [-0.1, -0.05) is 6.07 Å². The number of fused-ring (bicyclic) bond motifs is 1. The average molecular weight is 340 g/mol. The predicted octanol–water partition coefficient (Wildman–Crippen LogP) is 1.14. The van der Waals surface area contributed by atoms with Gasteiger partial charge in [0, 0.05) is 25.8 Å². The molecule has 2 atom stereocenters. The predicted molar refractivity (Wildman–Crippen MR) is 92.4 cm³/mol. The lowest BCUT2D eigenvalue weighted by atomic mass is 10.2. The minimum atomic E-state index is 0.221. The molecule has 2 unspecified atom stereocenters. The van der Waals surface area contributed by atoms with E-state index in [1.807, 2.05) is 18.3 Å². The molecule has 0 aromatic carbocycles. The van der Waals surface area contributed by atoms with Crippen molar-refractivity contribution in [1.29, 1.82) is 0 Å². The standard InChI is InChI=1S/C16H20N8O/c1-11-9-23(10-12(2)25-11)15-5-3-13(8-18-15)7-17-14-4-6-16-19-21-22-24(16)20-14/h3-6,8,11-12H,7,9-10H2,1-2H3,(H,17,20). The lowest BCUT2D eigenvalue weighted by molar-refractivity contribution is -0.00545. The summed E-state index contributed by atoms with van der Waals surface area (Å²) in [5.74, 6) is 1.69. The van der Waals surface area contributed by atoms with Crippen LogP contribution in [0.2, 0.25) is 0 Å². The summed E-state index contributed by atoms with van der Waals surface area (Å²) in [6, 6.07) is 7.80. The fraction of sp³-hybridized carbons (Fsp3) is 0.438. The molecular formula is C16H20N8O. The number of aromatic nitrogens is 6. The lowest BCUT2D eigenvalue weighted by Crippen LogP contribution is -2.45. The van der Waals surface area contributed by atoms with E-state index in [4.69, 9.17) is 4.74 Å². The minimum Gasteiger partial charge on any atom is -0.372 e. The van der Waals surface area contributed by atoms with Crippen LogP contribution in [0.4, 0.5) is 11.6 Å². The maximum Gasteiger partial charge on any atom is 0.200 e. The first kappa shape index (κ1) is 15.7. The second kappa shape index (κ2) is 6.60. The highest BCUT2D eigenvalue weighted by Crippen LogP contribution is 2.18. The van der Waals surface area contributed by atoms with Crippen molar-refractivity contribution in [3.63, 3.8) is 0 Å². The molecule has 25 heavy (non-hydrogen) atoms. The number of anilines is 2. The fourth-order valence-corrected chi connectivity index (χ4v) is 3.01. The number of hydrogen-bond donors (Lipinski definition) is 1. The van der Waals surface area contributed by atoms with Crippen LogP contribution in [-0.2, 0) is 11.3 Å². The third-order valence-electron chi connectivity index (χ3n) is 4.10. The Kier molecular flexibility index (Phi) is 4.14. The monoisotopic (exact) mass is 340 g/mol. The second-order valence-corrected chi connectivity index (χ2v) is 6.29. The molecule has 4 rings (SSSR count). The van der Waals surface area contributed by atoms with Gasteiger partial charge < -0.3 is 15.0 Å². The van der Waals surface area contributed by atoms with Gasteiger partial charge in [0.05, 0.1) is 12.2 Å². The number of nitrogens with zero attached hydrogens (tertiary/aromatic N) is 7. The van der Waals surface area contributed by atoms with E-state index in [2.05, 4.69) is 61.8 Å². The van der Waals surface area contributed by atoms with Crippen molar-refractivity contribution in [3.05, 3.63) is 36.0 Å². The van der Waals surface area contributed by atoms with Gasteiger partial charge in [-0.3, -0.25) is 0 Å². The molecule has 3 aromatic rings. The SMILES string of the molecule is CC1CN(c2ccc(CNc3ccc4nnnn4n3)cn2)CC(C)O1. The highest BCUT2D eigenvalue weighted by molar-refractivity contribution is 5.44. The zero-order chi connectivity index (χ0) is 17.2. The zero-order valence-corrected chi connectivity index (χ0v) is 14.2. The van der Waals surface area contributed by atoms with Crippen LogP contribution in [0.15, 0.2) is 30.5 Å². The molecule has 9 heteroatoms. The molecule has 9 nitrogen and oxygen atoms in total. The molecule has 1 aliphatic heterocycles. The number of ether oxygens (including phenoxy) is 1. The Labute approximate surface area is 145 Å². The Morgan fingerprint density at radius 1 is 1.16 bits per heavy atom. The molecule has 0 aliphatic carbocycles. The van der Waals surface area contributed by atoms with E-state index in [1.54, 1.807) is 0 Å². The Morgan fingerprint density at radius 2 is 2.00 bits per heavy atom. The number of pyridine rings is 1. The summed E-state index contributed by atoms with van der Waals surface area (Å²) in [6.45, 7) is 6.55. The largest absolute Gasteiger partial charge is 0.372 e. The van der Waals surface area contributed by atoms with Crippen molar-refractivity contribution in [3.8, 4) is 0 Å². The molecule has 1 saturated heterocycles. The van der Waals surface area contributed by atoms with Crippen LogP contribution in [0.25, 0.3) is 5.65 Å². The van der Waals surface area contributed by atoms with Crippen molar-refractivity contribution in [2.24, 2.45) is 0 Å². The summed E-state index contributed by atoms with van der Waals surface area (Å²) in [6.07, 6.45) is 2.33. The maximum absolute atomic E-state index is 5.77. The highest BCUT2D eigenvalue weighted by Gasteiger charge is 2.22. The Hall–Kier alpha value is -2.81. The summed E-state index contributed by atoms with van der Waals surface area (Å²) in [7, 11) is 0. The Bertz CT molecular complexity index is 839. The van der Waals surface area contributed by atoms with E-state index in [1.165, 1.54) is 4.63 Å². The maximum atomic E-state index is 5.77. The smallest absolute Gasteiger partial charge is 0.200 e. The van der Waals surface area contributed by atoms with Gasteiger partial charge in [-0.15, -0.1) is 14.8 Å². The van der Waals surface area contributed by atoms with Gasteiger partial charge in [0.15, 0.2) is 5.65 Å². The molecule has 0 amide bonds. The first-order valence-corrected chi connectivity index (χ1v) is 8.32. The molecule has 0 saturated carbocycles.